The van der Waals surface area contributed by atoms with Crippen LogP contribution in [0.3, 0.4) is 0 Å². The first kappa shape index (κ1) is 21.2. The molecule has 5 aliphatic rings. The van der Waals surface area contributed by atoms with Crippen molar-refractivity contribution >= 4 is 11.6 Å². The second kappa shape index (κ2) is 6.23. The lowest BCUT2D eigenvalue weighted by molar-refractivity contribution is -0.141. The van der Waals surface area contributed by atoms with Crippen LogP contribution in [0.2, 0.25) is 0 Å². The summed E-state index contributed by atoms with van der Waals surface area (Å²) >= 11 is 0. The van der Waals surface area contributed by atoms with Crippen LogP contribution in [0.25, 0.3) is 0 Å². The molecule has 1 N–H and O–H groups in total. The van der Waals surface area contributed by atoms with E-state index in [0.717, 1.165) is 44.1 Å². The third kappa shape index (κ3) is 2.58. The third-order valence-electron chi connectivity index (χ3n) is 10.7. The molecular formula is C28H38O3. The SMILES string of the molecule is CC1=C2CCC3(C)C(CC=C4C5CC(C)(C)CCC5C(=O)CC43C)C2(C)C=C(O)C1=O. The van der Waals surface area contributed by atoms with Crippen LogP contribution < -0.4 is 0 Å². The number of aliphatic hydroxyl groups excluding tert-OH is 1. The van der Waals surface area contributed by atoms with Gasteiger partial charge in [0.05, 0.1) is 0 Å². The molecule has 0 aliphatic heterocycles. The van der Waals surface area contributed by atoms with E-state index >= 15 is 0 Å². The summed E-state index contributed by atoms with van der Waals surface area (Å²) in [6.45, 7) is 13.6. The minimum atomic E-state index is -0.328. The molecule has 3 heteroatoms. The quantitative estimate of drug-likeness (QED) is 0.453. The summed E-state index contributed by atoms with van der Waals surface area (Å²) < 4.78 is 0. The van der Waals surface area contributed by atoms with Crippen molar-refractivity contribution in [2.24, 2.45) is 39.4 Å². The maximum atomic E-state index is 13.5. The molecule has 0 aromatic carbocycles. The van der Waals surface area contributed by atoms with Crippen molar-refractivity contribution in [3.63, 3.8) is 0 Å². The van der Waals surface area contributed by atoms with Crippen molar-refractivity contribution in [3.05, 3.63) is 34.6 Å². The zero-order valence-corrected chi connectivity index (χ0v) is 20.1. The van der Waals surface area contributed by atoms with E-state index in [1.807, 2.05) is 13.0 Å². The summed E-state index contributed by atoms with van der Waals surface area (Å²) in [4.78, 5) is 26.0. The highest BCUT2D eigenvalue weighted by atomic mass is 16.3. The van der Waals surface area contributed by atoms with Crippen molar-refractivity contribution in [1.29, 1.82) is 0 Å². The molecule has 3 nitrogen and oxygen atoms in total. The largest absolute Gasteiger partial charge is 0.504 e. The topological polar surface area (TPSA) is 54.4 Å². The molecule has 168 valence electrons. The Bertz CT molecular complexity index is 978. The van der Waals surface area contributed by atoms with Gasteiger partial charge in [-0.05, 0) is 74.2 Å². The van der Waals surface area contributed by atoms with Crippen LogP contribution in [0.5, 0.6) is 0 Å². The van der Waals surface area contributed by atoms with E-state index in [9.17, 15) is 14.7 Å². The summed E-state index contributed by atoms with van der Waals surface area (Å²) in [6.07, 6.45) is 11.1. The van der Waals surface area contributed by atoms with Crippen LogP contribution in [0.4, 0.5) is 0 Å². The molecule has 0 amide bonds. The van der Waals surface area contributed by atoms with Crippen LogP contribution in [-0.4, -0.2) is 16.7 Å². The number of carbonyl (C=O) groups is 2. The van der Waals surface area contributed by atoms with Gasteiger partial charge in [-0.3, -0.25) is 9.59 Å². The Kier molecular flexibility index (Phi) is 4.27. The molecule has 0 radical (unpaired) electrons. The van der Waals surface area contributed by atoms with Gasteiger partial charge in [0.1, 0.15) is 5.78 Å². The van der Waals surface area contributed by atoms with Crippen molar-refractivity contribution < 1.29 is 14.7 Å². The molecule has 0 saturated heterocycles. The number of rotatable bonds is 0. The van der Waals surface area contributed by atoms with Gasteiger partial charge in [-0.2, -0.15) is 0 Å². The molecule has 31 heavy (non-hydrogen) atoms. The fourth-order valence-electron chi connectivity index (χ4n) is 8.77. The van der Waals surface area contributed by atoms with Crippen molar-refractivity contribution in [1.82, 2.24) is 0 Å². The lowest BCUT2D eigenvalue weighted by Gasteiger charge is -2.66. The first-order valence-electron chi connectivity index (χ1n) is 12.2. The average Bonchev–Trinajstić information content (AvgIpc) is 2.66. The average molecular weight is 423 g/mol. The number of allylic oxidation sites excluding steroid dienone is 5. The lowest BCUT2D eigenvalue weighted by Crippen LogP contribution is -2.60. The predicted octanol–water partition coefficient (Wildman–Crippen LogP) is 6.50. The highest BCUT2D eigenvalue weighted by molar-refractivity contribution is 6.08. The molecule has 3 saturated carbocycles. The van der Waals surface area contributed by atoms with Crippen LogP contribution in [0, 0.1) is 39.4 Å². The van der Waals surface area contributed by atoms with Gasteiger partial charge in [0.2, 0.25) is 5.78 Å². The zero-order chi connectivity index (χ0) is 22.6. The first-order chi connectivity index (χ1) is 14.3. The van der Waals surface area contributed by atoms with Gasteiger partial charge in [0.15, 0.2) is 5.76 Å². The Morgan fingerprint density at radius 2 is 1.74 bits per heavy atom. The summed E-state index contributed by atoms with van der Waals surface area (Å²) in [5.74, 6) is 1.04. The second-order valence-electron chi connectivity index (χ2n) is 12.7. The van der Waals surface area contributed by atoms with Crippen LogP contribution in [-0.2, 0) is 9.59 Å². The minimum absolute atomic E-state index is 0.0327. The molecule has 3 fully saturated rings. The Balaban J connectivity index is 1.64. The number of carbonyl (C=O) groups excluding carboxylic acids is 2. The predicted molar refractivity (Wildman–Crippen MR) is 122 cm³/mol. The summed E-state index contributed by atoms with van der Waals surface area (Å²) in [5, 5.41) is 10.5. The van der Waals surface area contributed by atoms with Crippen LogP contribution in [0.15, 0.2) is 34.6 Å². The van der Waals surface area contributed by atoms with Gasteiger partial charge in [-0.15, -0.1) is 0 Å². The number of hydrogen-bond donors (Lipinski definition) is 1. The van der Waals surface area contributed by atoms with Gasteiger partial charge in [-0.1, -0.05) is 51.8 Å². The van der Waals surface area contributed by atoms with E-state index in [0.29, 0.717) is 23.5 Å². The van der Waals surface area contributed by atoms with Gasteiger partial charge in [-0.25, -0.2) is 0 Å². The fourth-order valence-corrected chi connectivity index (χ4v) is 8.77. The maximum absolute atomic E-state index is 13.5. The normalized spacial score (nSPS) is 46.3. The number of Topliss-reactive ketones (excluding diaryl/α,β-unsaturated/α-hetero) is 2. The maximum Gasteiger partial charge on any atom is 0.222 e. The van der Waals surface area contributed by atoms with Crippen LogP contribution in [0.1, 0.15) is 86.5 Å². The van der Waals surface area contributed by atoms with Gasteiger partial charge < -0.3 is 5.11 Å². The summed E-state index contributed by atoms with van der Waals surface area (Å²) in [7, 11) is 0. The lowest BCUT2D eigenvalue weighted by atomic mass is 9.37. The second-order valence-corrected chi connectivity index (χ2v) is 12.7. The number of aliphatic hydroxyl groups is 1. The Labute approximate surface area is 187 Å². The van der Waals surface area contributed by atoms with E-state index in [2.05, 4.69) is 40.7 Å². The molecule has 0 aromatic rings. The van der Waals surface area contributed by atoms with Gasteiger partial charge in [0.25, 0.3) is 0 Å². The number of ketones is 2. The Morgan fingerprint density at radius 1 is 1.03 bits per heavy atom. The number of fused-ring (bicyclic) bond motifs is 7. The summed E-state index contributed by atoms with van der Waals surface area (Å²) in [6, 6.07) is 0. The molecule has 0 aromatic heterocycles. The molecule has 5 rings (SSSR count). The van der Waals surface area contributed by atoms with E-state index < -0.39 is 0 Å². The standard InChI is InChI=1S/C28H38O3/c1-16-19-10-12-27(5)23(26(19,4)14-22(30)24(16)31)8-7-20-18-13-25(2,3)11-9-17(18)21(29)15-28(20,27)6/h7,14,17-18,23,30H,8-13,15H2,1-6H3. The molecule has 0 bridgehead atoms. The van der Waals surface area contributed by atoms with E-state index in [1.165, 1.54) is 5.57 Å². The van der Waals surface area contributed by atoms with E-state index in [-0.39, 0.29) is 39.6 Å². The first-order valence-corrected chi connectivity index (χ1v) is 12.2. The zero-order valence-electron chi connectivity index (χ0n) is 20.1. The van der Waals surface area contributed by atoms with Gasteiger partial charge in [0, 0.05) is 28.7 Å². The minimum Gasteiger partial charge on any atom is -0.504 e. The Morgan fingerprint density at radius 3 is 2.45 bits per heavy atom. The highest BCUT2D eigenvalue weighted by Gasteiger charge is 2.65. The smallest absolute Gasteiger partial charge is 0.222 e. The molecule has 5 aliphatic carbocycles. The van der Waals surface area contributed by atoms with Crippen molar-refractivity contribution in [2.75, 3.05) is 0 Å². The van der Waals surface area contributed by atoms with Gasteiger partial charge >= 0.3 is 0 Å². The molecule has 0 spiro atoms. The Hall–Kier alpha value is -1.64. The highest BCUT2D eigenvalue weighted by Crippen LogP contribution is 2.71. The van der Waals surface area contributed by atoms with E-state index in [1.54, 1.807) is 5.57 Å². The van der Waals surface area contributed by atoms with Crippen LogP contribution >= 0.6 is 0 Å². The molecule has 6 unspecified atom stereocenters. The number of hydrogen-bond acceptors (Lipinski definition) is 3. The molecular weight excluding hydrogens is 384 g/mol. The van der Waals surface area contributed by atoms with Crippen molar-refractivity contribution in [2.45, 2.75) is 86.5 Å². The van der Waals surface area contributed by atoms with E-state index in [4.69, 9.17) is 0 Å². The monoisotopic (exact) mass is 422 g/mol. The third-order valence-corrected chi connectivity index (χ3v) is 10.7. The molecule has 6 atom stereocenters. The fraction of sp³-hybridized carbons (Fsp3) is 0.714. The molecule has 0 heterocycles. The van der Waals surface area contributed by atoms with Crippen molar-refractivity contribution in [3.8, 4) is 0 Å². The summed E-state index contributed by atoms with van der Waals surface area (Å²) in [5.41, 5.74) is 3.28.